The number of hydrogen-bond donors (Lipinski definition) is 0. The van der Waals surface area contributed by atoms with E-state index in [1.807, 2.05) is 19.1 Å². The van der Waals surface area contributed by atoms with Gasteiger partial charge in [-0.1, -0.05) is 38.8 Å². The summed E-state index contributed by atoms with van der Waals surface area (Å²) < 4.78 is 14.2. The molecule has 3 fully saturated rings. The molecule has 3 aliphatic rings. The molecule has 1 aromatic rings. The predicted molar refractivity (Wildman–Crippen MR) is 108 cm³/mol. The van der Waals surface area contributed by atoms with E-state index in [-0.39, 0.29) is 5.82 Å². The van der Waals surface area contributed by atoms with Crippen molar-refractivity contribution in [2.24, 2.45) is 29.6 Å². The molecule has 0 spiro atoms. The summed E-state index contributed by atoms with van der Waals surface area (Å²) >= 11 is 0. The van der Waals surface area contributed by atoms with E-state index in [0.29, 0.717) is 5.92 Å². The van der Waals surface area contributed by atoms with Crippen LogP contribution in [0.1, 0.15) is 95.1 Å². The van der Waals surface area contributed by atoms with Crippen molar-refractivity contribution in [2.45, 2.75) is 90.4 Å². The number of rotatable bonds is 3. The number of halogens is 1. The Bertz CT molecular complexity index is 598. The first-order chi connectivity index (χ1) is 12.6. The van der Waals surface area contributed by atoms with Crippen LogP contribution in [0.2, 0.25) is 0 Å². The van der Waals surface area contributed by atoms with Gasteiger partial charge in [-0.2, -0.15) is 0 Å². The Morgan fingerprint density at radius 2 is 1.42 bits per heavy atom. The first kappa shape index (κ1) is 18.5. The average Bonchev–Trinajstić information content (AvgIpc) is 2.67. The SMILES string of the molecule is CCc1ccc(C2CCC3CC(C4CCC(C)CC4)CCC3C2)cc1F. The quantitative estimate of drug-likeness (QED) is 0.525. The first-order valence-corrected chi connectivity index (χ1v) is 11.4. The molecule has 144 valence electrons. The molecule has 0 N–H and O–H groups in total. The lowest BCUT2D eigenvalue weighted by molar-refractivity contribution is 0.0732. The molecule has 1 heteroatoms. The van der Waals surface area contributed by atoms with Crippen LogP contribution in [-0.2, 0) is 6.42 Å². The molecule has 3 aliphatic carbocycles. The summed E-state index contributed by atoms with van der Waals surface area (Å²) in [6.45, 7) is 4.47. The molecule has 0 aromatic heterocycles. The molecule has 3 saturated carbocycles. The van der Waals surface area contributed by atoms with Crippen molar-refractivity contribution in [3.63, 3.8) is 0 Å². The summed E-state index contributed by atoms with van der Waals surface area (Å²) in [7, 11) is 0. The van der Waals surface area contributed by atoms with E-state index < -0.39 is 0 Å². The summed E-state index contributed by atoms with van der Waals surface area (Å²) in [5.41, 5.74) is 2.13. The van der Waals surface area contributed by atoms with Gasteiger partial charge in [0.15, 0.2) is 0 Å². The van der Waals surface area contributed by atoms with Crippen LogP contribution in [-0.4, -0.2) is 0 Å². The molecule has 0 amide bonds. The fourth-order valence-corrected chi connectivity index (χ4v) is 6.52. The monoisotopic (exact) mass is 356 g/mol. The van der Waals surface area contributed by atoms with E-state index in [4.69, 9.17) is 0 Å². The third kappa shape index (κ3) is 3.87. The first-order valence-electron chi connectivity index (χ1n) is 11.4. The van der Waals surface area contributed by atoms with Gasteiger partial charge in [0.2, 0.25) is 0 Å². The highest BCUT2D eigenvalue weighted by molar-refractivity contribution is 5.27. The minimum Gasteiger partial charge on any atom is -0.207 e. The lowest BCUT2D eigenvalue weighted by Gasteiger charge is -2.45. The zero-order valence-electron chi connectivity index (χ0n) is 16.9. The highest BCUT2D eigenvalue weighted by Crippen LogP contribution is 2.50. The fourth-order valence-electron chi connectivity index (χ4n) is 6.52. The largest absolute Gasteiger partial charge is 0.207 e. The Labute approximate surface area is 160 Å². The minimum absolute atomic E-state index is 0.0161. The highest BCUT2D eigenvalue weighted by atomic mass is 19.1. The Kier molecular flexibility index (Phi) is 5.72. The van der Waals surface area contributed by atoms with Crippen molar-refractivity contribution in [2.75, 3.05) is 0 Å². The maximum atomic E-state index is 14.2. The van der Waals surface area contributed by atoms with Crippen molar-refractivity contribution in [1.29, 1.82) is 0 Å². The third-order valence-electron chi connectivity index (χ3n) is 8.31. The molecule has 0 bridgehead atoms. The fraction of sp³-hybridized carbons (Fsp3) is 0.760. The topological polar surface area (TPSA) is 0 Å². The van der Waals surface area contributed by atoms with Crippen LogP contribution < -0.4 is 0 Å². The average molecular weight is 357 g/mol. The van der Waals surface area contributed by atoms with Gasteiger partial charge in [0, 0.05) is 0 Å². The summed E-state index contributed by atoms with van der Waals surface area (Å²) in [4.78, 5) is 0. The van der Waals surface area contributed by atoms with Crippen LogP contribution >= 0.6 is 0 Å². The van der Waals surface area contributed by atoms with E-state index in [9.17, 15) is 4.39 Å². The number of hydrogen-bond acceptors (Lipinski definition) is 0. The standard InChI is InChI=1S/C25H37F/c1-3-18-8-9-24(16-25(18)26)23-13-12-21-14-20(10-11-22(21)15-23)19-6-4-17(2)5-7-19/h8-9,16-17,19-23H,3-7,10-15H2,1-2H3. The summed E-state index contributed by atoms with van der Waals surface area (Å²) in [6, 6.07) is 6.08. The molecule has 0 heterocycles. The molecular formula is C25H37F. The van der Waals surface area contributed by atoms with Gasteiger partial charge in [0.05, 0.1) is 0 Å². The van der Waals surface area contributed by atoms with Crippen LogP contribution in [0.3, 0.4) is 0 Å². The Morgan fingerprint density at radius 3 is 2.12 bits per heavy atom. The van der Waals surface area contributed by atoms with Gasteiger partial charge in [-0.3, -0.25) is 0 Å². The van der Waals surface area contributed by atoms with Gasteiger partial charge in [-0.05, 0) is 110 Å². The lowest BCUT2D eigenvalue weighted by atomic mass is 9.60. The summed E-state index contributed by atoms with van der Waals surface area (Å²) in [5, 5.41) is 0. The zero-order chi connectivity index (χ0) is 18.1. The smallest absolute Gasteiger partial charge is 0.126 e. The van der Waals surface area contributed by atoms with Crippen LogP contribution in [0.25, 0.3) is 0 Å². The molecule has 4 atom stereocenters. The minimum atomic E-state index is 0.0161. The van der Waals surface area contributed by atoms with E-state index in [2.05, 4.69) is 13.0 Å². The van der Waals surface area contributed by atoms with E-state index in [1.54, 1.807) is 0 Å². The van der Waals surface area contributed by atoms with Gasteiger partial charge >= 0.3 is 0 Å². The van der Waals surface area contributed by atoms with Crippen LogP contribution in [0.5, 0.6) is 0 Å². The lowest BCUT2D eigenvalue weighted by Crippen LogP contribution is -2.34. The maximum Gasteiger partial charge on any atom is 0.126 e. The van der Waals surface area contributed by atoms with Gasteiger partial charge in [-0.25, -0.2) is 4.39 Å². The third-order valence-corrected chi connectivity index (χ3v) is 8.31. The molecule has 0 radical (unpaired) electrons. The Hall–Kier alpha value is -0.850. The normalized spacial score (nSPS) is 38.0. The molecule has 0 aliphatic heterocycles. The van der Waals surface area contributed by atoms with E-state index >= 15 is 0 Å². The Balaban J connectivity index is 1.35. The van der Waals surface area contributed by atoms with Crippen molar-refractivity contribution < 1.29 is 4.39 Å². The zero-order valence-corrected chi connectivity index (χ0v) is 16.9. The van der Waals surface area contributed by atoms with Gasteiger partial charge < -0.3 is 0 Å². The van der Waals surface area contributed by atoms with Crippen LogP contribution in [0, 0.1) is 35.4 Å². The van der Waals surface area contributed by atoms with E-state index in [1.165, 1.54) is 69.8 Å². The van der Waals surface area contributed by atoms with Crippen molar-refractivity contribution in [1.82, 2.24) is 0 Å². The second-order valence-corrected chi connectivity index (χ2v) is 9.83. The highest BCUT2D eigenvalue weighted by Gasteiger charge is 2.38. The van der Waals surface area contributed by atoms with Crippen molar-refractivity contribution in [3.05, 3.63) is 35.1 Å². The molecule has 0 saturated heterocycles. The van der Waals surface area contributed by atoms with Gasteiger partial charge in [0.25, 0.3) is 0 Å². The van der Waals surface area contributed by atoms with Crippen molar-refractivity contribution >= 4 is 0 Å². The van der Waals surface area contributed by atoms with E-state index in [0.717, 1.165) is 41.6 Å². The molecule has 26 heavy (non-hydrogen) atoms. The summed E-state index contributed by atoms with van der Waals surface area (Å²) in [6.07, 6.45) is 15.1. The number of benzene rings is 1. The second-order valence-electron chi connectivity index (χ2n) is 9.83. The number of fused-ring (bicyclic) bond motifs is 1. The van der Waals surface area contributed by atoms with Crippen LogP contribution in [0.15, 0.2) is 18.2 Å². The Morgan fingerprint density at radius 1 is 0.808 bits per heavy atom. The van der Waals surface area contributed by atoms with Crippen molar-refractivity contribution in [3.8, 4) is 0 Å². The van der Waals surface area contributed by atoms with Gasteiger partial charge in [-0.15, -0.1) is 0 Å². The number of aryl methyl sites for hydroxylation is 1. The molecule has 4 rings (SSSR count). The molecule has 1 aromatic carbocycles. The molecular weight excluding hydrogens is 319 g/mol. The molecule has 0 nitrogen and oxygen atoms in total. The summed E-state index contributed by atoms with van der Waals surface area (Å²) in [5.74, 6) is 5.50. The maximum absolute atomic E-state index is 14.2. The van der Waals surface area contributed by atoms with Gasteiger partial charge in [0.1, 0.15) is 5.82 Å². The predicted octanol–water partition coefficient (Wildman–Crippen LogP) is 7.51. The molecule has 4 unspecified atom stereocenters. The van der Waals surface area contributed by atoms with Crippen LogP contribution in [0.4, 0.5) is 4.39 Å². The second kappa shape index (κ2) is 8.03.